The largest absolute Gasteiger partial charge is 0.452 e. The molecule has 0 aliphatic rings. The van der Waals surface area contributed by atoms with Crippen molar-refractivity contribution in [3.05, 3.63) is 29.3 Å². The predicted octanol–water partition coefficient (Wildman–Crippen LogP) is 0.0109. The SMILES string of the molecule is CNC(=O)NC(=O)COC(=O)c1cc(S(C)(=O)=O)ccc1C. The van der Waals surface area contributed by atoms with Gasteiger partial charge in [-0.3, -0.25) is 10.1 Å². The van der Waals surface area contributed by atoms with Crippen LogP contribution in [0.2, 0.25) is 0 Å². The Balaban J connectivity index is 2.82. The van der Waals surface area contributed by atoms with Crippen LogP contribution in [0.4, 0.5) is 4.79 Å². The number of ether oxygens (including phenoxy) is 1. The Kier molecular flexibility index (Phi) is 5.63. The lowest BCUT2D eigenvalue weighted by Crippen LogP contribution is -2.39. The van der Waals surface area contributed by atoms with E-state index < -0.39 is 34.4 Å². The second-order valence-corrected chi connectivity index (χ2v) is 6.47. The van der Waals surface area contributed by atoms with Gasteiger partial charge in [0, 0.05) is 13.3 Å². The van der Waals surface area contributed by atoms with Crippen LogP contribution in [0.1, 0.15) is 15.9 Å². The van der Waals surface area contributed by atoms with Gasteiger partial charge < -0.3 is 10.1 Å². The zero-order valence-corrected chi connectivity index (χ0v) is 13.1. The summed E-state index contributed by atoms with van der Waals surface area (Å²) < 4.78 is 27.7. The summed E-state index contributed by atoms with van der Waals surface area (Å²) in [7, 11) is -2.14. The number of nitrogens with one attached hydrogen (secondary N) is 2. The molecule has 2 N–H and O–H groups in total. The molecule has 8 nitrogen and oxygen atoms in total. The molecule has 0 heterocycles. The van der Waals surface area contributed by atoms with Gasteiger partial charge in [-0.05, 0) is 24.6 Å². The average Bonchev–Trinajstić information content (AvgIpc) is 2.43. The molecule has 1 aromatic rings. The molecule has 9 heteroatoms. The number of rotatable bonds is 4. The molecule has 0 saturated carbocycles. The quantitative estimate of drug-likeness (QED) is 0.752. The molecule has 1 rings (SSSR count). The van der Waals surface area contributed by atoms with E-state index in [9.17, 15) is 22.8 Å². The van der Waals surface area contributed by atoms with E-state index in [1.807, 2.05) is 5.32 Å². The predicted molar refractivity (Wildman–Crippen MR) is 77.2 cm³/mol. The van der Waals surface area contributed by atoms with Crippen molar-refractivity contribution in [2.24, 2.45) is 0 Å². The van der Waals surface area contributed by atoms with Gasteiger partial charge in [-0.1, -0.05) is 6.07 Å². The van der Waals surface area contributed by atoms with Gasteiger partial charge in [0.1, 0.15) is 0 Å². The topological polar surface area (TPSA) is 119 Å². The Morgan fingerprint density at radius 3 is 2.41 bits per heavy atom. The number of hydrogen-bond acceptors (Lipinski definition) is 6. The fraction of sp³-hybridized carbons (Fsp3) is 0.308. The lowest BCUT2D eigenvalue weighted by Gasteiger charge is -2.08. The van der Waals surface area contributed by atoms with Crippen molar-refractivity contribution in [3.8, 4) is 0 Å². The number of esters is 1. The van der Waals surface area contributed by atoms with Gasteiger partial charge in [-0.15, -0.1) is 0 Å². The van der Waals surface area contributed by atoms with Gasteiger partial charge in [0.15, 0.2) is 16.4 Å². The van der Waals surface area contributed by atoms with E-state index in [2.05, 4.69) is 5.32 Å². The van der Waals surface area contributed by atoms with E-state index in [0.29, 0.717) is 5.56 Å². The average molecular weight is 328 g/mol. The molecule has 0 unspecified atom stereocenters. The molecule has 0 fully saturated rings. The minimum atomic E-state index is -3.47. The third-order valence-electron chi connectivity index (χ3n) is 2.67. The number of hydrogen-bond donors (Lipinski definition) is 2. The summed E-state index contributed by atoms with van der Waals surface area (Å²) in [5.74, 6) is -1.65. The molecule has 0 radical (unpaired) electrons. The monoisotopic (exact) mass is 328 g/mol. The number of aryl methyl sites for hydroxylation is 1. The van der Waals surface area contributed by atoms with E-state index in [0.717, 1.165) is 6.26 Å². The fourth-order valence-corrected chi connectivity index (χ4v) is 2.13. The standard InChI is InChI=1S/C13H16N2O6S/c1-8-4-5-9(22(3,19)20)6-10(8)12(17)21-7-11(16)15-13(18)14-2/h4-6H,7H2,1-3H3,(H2,14,15,16,18). The van der Waals surface area contributed by atoms with E-state index in [1.165, 1.54) is 25.2 Å². The van der Waals surface area contributed by atoms with Gasteiger partial charge in [0.2, 0.25) is 0 Å². The number of carbonyl (C=O) groups excluding carboxylic acids is 3. The number of benzene rings is 1. The van der Waals surface area contributed by atoms with Gasteiger partial charge in [0.25, 0.3) is 5.91 Å². The summed E-state index contributed by atoms with van der Waals surface area (Å²) in [6, 6.07) is 3.30. The summed E-state index contributed by atoms with van der Waals surface area (Å²) >= 11 is 0. The zero-order chi connectivity index (χ0) is 16.9. The highest BCUT2D eigenvalue weighted by molar-refractivity contribution is 7.90. The lowest BCUT2D eigenvalue weighted by molar-refractivity contribution is -0.123. The normalized spacial score (nSPS) is 10.7. The van der Waals surface area contributed by atoms with Crippen LogP contribution in [0.5, 0.6) is 0 Å². The van der Waals surface area contributed by atoms with Crippen LogP contribution in [-0.4, -0.2) is 46.2 Å². The van der Waals surface area contributed by atoms with Crippen LogP contribution in [-0.2, 0) is 19.4 Å². The second kappa shape index (κ2) is 7.03. The molecule has 0 saturated heterocycles. The number of urea groups is 1. The summed E-state index contributed by atoms with van der Waals surface area (Å²) in [6.07, 6.45) is 1.02. The summed E-state index contributed by atoms with van der Waals surface area (Å²) in [6.45, 7) is 0.946. The summed E-state index contributed by atoms with van der Waals surface area (Å²) in [4.78, 5) is 34.1. The highest BCUT2D eigenvalue weighted by Gasteiger charge is 2.17. The highest BCUT2D eigenvalue weighted by atomic mass is 32.2. The maximum absolute atomic E-state index is 11.9. The van der Waals surface area contributed by atoms with Crippen molar-refractivity contribution in [2.75, 3.05) is 19.9 Å². The second-order valence-electron chi connectivity index (χ2n) is 4.45. The van der Waals surface area contributed by atoms with Crippen molar-refractivity contribution < 1.29 is 27.5 Å². The van der Waals surface area contributed by atoms with Crippen molar-refractivity contribution in [2.45, 2.75) is 11.8 Å². The molecule has 0 spiro atoms. The first-order chi connectivity index (χ1) is 10.1. The fourth-order valence-electron chi connectivity index (χ4n) is 1.49. The van der Waals surface area contributed by atoms with Gasteiger partial charge in [0.05, 0.1) is 10.5 Å². The van der Waals surface area contributed by atoms with Crippen molar-refractivity contribution >= 4 is 27.7 Å². The van der Waals surface area contributed by atoms with Crippen LogP contribution in [0.3, 0.4) is 0 Å². The van der Waals surface area contributed by atoms with E-state index >= 15 is 0 Å². The first-order valence-electron chi connectivity index (χ1n) is 6.14. The van der Waals surface area contributed by atoms with Crippen molar-refractivity contribution in [3.63, 3.8) is 0 Å². The number of sulfone groups is 1. The Labute approximate surface area is 127 Å². The Morgan fingerprint density at radius 2 is 1.86 bits per heavy atom. The molecular formula is C13H16N2O6S. The minimum Gasteiger partial charge on any atom is -0.452 e. The molecule has 120 valence electrons. The first-order valence-corrected chi connectivity index (χ1v) is 8.03. The molecule has 0 aliphatic carbocycles. The molecular weight excluding hydrogens is 312 g/mol. The van der Waals surface area contributed by atoms with Crippen molar-refractivity contribution in [1.82, 2.24) is 10.6 Å². The highest BCUT2D eigenvalue weighted by Crippen LogP contribution is 2.16. The Morgan fingerprint density at radius 1 is 1.23 bits per heavy atom. The third kappa shape index (κ3) is 4.85. The maximum atomic E-state index is 11.9. The molecule has 0 bridgehead atoms. The summed E-state index contributed by atoms with van der Waals surface area (Å²) in [5, 5.41) is 4.09. The number of imide groups is 1. The van der Waals surface area contributed by atoms with Crippen LogP contribution in [0.15, 0.2) is 23.1 Å². The molecule has 3 amide bonds. The smallest absolute Gasteiger partial charge is 0.338 e. The van der Waals surface area contributed by atoms with Crippen molar-refractivity contribution in [1.29, 1.82) is 0 Å². The van der Waals surface area contributed by atoms with E-state index in [1.54, 1.807) is 6.92 Å². The lowest BCUT2D eigenvalue weighted by atomic mass is 10.1. The number of amides is 3. The molecule has 1 aromatic carbocycles. The van der Waals surface area contributed by atoms with Gasteiger partial charge in [-0.2, -0.15) is 0 Å². The minimum absolute atomic E-state index is 0.0279. The van der Waals surface area contributed by atoms with Crippen LogP contribution in [0.25, 0.3) is 0 Å². The Hall–Kier alpha value is -2.42. The summed E-state index contributed by atoms with van der Waals surface area (Å²) in [5.41, 5.74) is 0.541. The molecule has 0 aliphatic heterocycles. The van der Waals surface area contributed by atoms with Gasteiger partial charge >= 0.3 is 12.0 Å². The molecule has 0 atom stereocenters. The molecule has 22 heavy (non-hydrogen) atoms. The first kappa shape index (κ1) is 17.6. The van der Waals surface area contributed by atoms with E-state index in [4.69, 9.17) is 4.74 Å². The van der Waals surface area contributed by atoms with Crippen LogP contribution in [0, 0.1) is 6.92 Å². The third-order valence-corrected chi connectivity index (χ3v) is 3.78. The number of carbonyl (C=O) groups is 3. The maximum Gasteiger partial charge on any atom is 0.338 e. The zero-order valence-electron chi connectivity index (χ0n) is 12.3. The van der Waals surface area contributed by atoms with Crippen LogP contribution >= 0.6 is 0 Å². The van der Waals surface area contributed by atoms with Crippen LogP contribution < -0.4 is 10.6 Å². The molecule has 0 aromatic heterocycles. The van der Waals surface area contributed by atoms with E-state index in [-0.39, 0.29) is 10.5 Å². The van der Waals surface area contributed by atoms with Gasteiger partial charge in [-0.25, -0.2) is 18.0 Å². The Bertz CT molecular complexity index is 711.